The first kappa shape index (κ1) is 14.5. The smallest absolute Gasteiger partial charge is 0.130 e. The Balaban J connectivity index is 2.14. The topological polar surface area (TPSA) is 9.23 Å². The lowest BCUT2D eigenvalue weighted by Gasteiger charge is -2.11. The maximum Gasteiger partial charge on any atom is 0.130 e. The van der Waals surface area contributed by atoms with Crippen LogP contribution in [0.15, 0.2) is 39.3 Å². The van der Waals surface area contributed by atoms with E-state index >= 15 is 0 Å². The number of benzene rings is 2. The molecule has 0 saturated heterocycles. The molecule has 0 fully saturated rings. The highest BCUT2D eigenvalue weighted by molar-refractivity contribution is 9.10. The highest BCUT2D eigenvalue weighted by Crippen LogP contribution is 2.27. The van der Waals surface area contributed by atoms with E-state index in [1.807, 2.05) is 26.0 Å². The molecule has 0 bridgehead atoms. The summed E-state index contributed by atoms with van der Waals surface area (Å²) in [5, 5.41) is 0. The molecule has 4 heteroatoms. The standard InChI is InChI=1S/C15H13Br2FO/c1-9-5-13(6-10(2)15(9)17)19-8-11-3-4-12(16)7-14(11)18/h3-7H,8H2,1-2H3. The summed E-state index contributed by atoms with van der Waals surface area (Å²) >= 11 is 6.74. The van der Waals surface area contributed by atoms with E-state index in [2.05, 4.69) is 31.9 Å². The molecule has 0 aliphatic carbocycles. The van der Waals surface area contributed by atoms with Crippen LogP contribution in [0, 0.1) is 19.7 Å². The van der Waals surface area contributed by atoms with Crippen molar-refractivity contribution in [3.8, 4) is 5.75 Å². The maximum atomic E-state index is 13.7. The van der Waals surface area contributed by atoms with Crippen LogP contribution >= 0.6 is 31.9 Å². The molecule has 19 heavy (non-hydrogen) atoms. The molecular formula is C15H13Br2FO. The van der Waals surface area contributed by atoms with E-state index in [0.29, 0.717) is 5.56 Å². The van der Waals surface area contributed by atoms with E-state index in [-0.39, 0.29) is 12.4 Å². The molecule has 2 aromatic carbocycles. The fraction of sp³-hybridized carbons (Fsp3) is 0.200. The van der Waals surface area contributed by atoms with Crippen molar-refractivity contribution < 1.29 is 9.13 Å². The van der Waals surface area contributed by atoms with Gasteiger partial charge in [0, 0.05) is 14.5 Å². The number of rotatable bonds is 3. The van der Waals surface area contributed by atoms with Crippen LogP contribution < -0.4 is 4.74 Å². The maximum absolute atomic E-state index is 13.7. The molecule has 0 heterocycles. The Hall–Kier alpha value is -0.870. The second kappa shape index (κ2) is 6.06. The molecule has 0 radical (unpaired) electrons. The van der Waals surface area contributed by atoms with Gasteiger partial charge in [-0.05, 0) is 49.2 Å². The van der Waals surface area contributed by atoms with Crippen LogP contribution in [0.2, 0.25) is 0 Å². The zero-order valence-corrected chi connectivity index (χ0v) is 13.8. The molecule has 0 atom stereocenters. The summed E-state index contributed by atoms with van der Waals surface area (Å²) in [7, 11) is 0. The van der Waals surface area contributed by atoms with Gasteiger partial charge in [-0.1, -0.05) is 37.9 Å². The molecule has 2 rings (SSSR count). The summed E-state index contributed by atoms with van der Waals surface area (Å²) in [6.07, 6.45) is 0. The van der Waals surface area contributed by atoms with E-state index in [9.17, 15) is 4.39 Å². The summed E-state index contributed by atoms with van der Waals surface area (Å²) in [5.74, 6) is 0.487. The van der Waals surface area contributed by atoms with Crippen LogP contribution in [0.25, 0.3) is 0 Å². The first-order valence-electron chi connectivity index (χ1n) is 5.81. The number of aryl methyl sites for hydroxylation is 2. The minimum atomic E-state index is -0.264. The Morgan fingerprint density at radius 1 is 1.05 bits per heavy atom. The first-order valence-corrected chi connectivity index (χ1v) is 7.39. The second-order valence-corrected chi connectivity index (χ2v) is 6.10. The normalized spacial score (nSPS) is 10.6. The summed E-state index contributed by atoms with van der Waals surface area (Å²) in [6.45, 7) is 4.23. The van der Waals surface area contributed by atoms with Gasteiger partial charge in [0.1, 0.15) is 18.2 Å². The zero-order valence-electron chi connectivity index (χ0n) is 10.6. The highest BCUT2D eigenvalue weighted by Gasteiger charge is 2.06. The van der Waals surface area contributed by atoms with E-state index in [0.717, 1.165) is 25.8 Å². The van der Waals surface area contributed by atoms with Gasteiger partial charge in [-0.3, -0.25) is 0 Å². The molecule has 100 valence electrons. The molecule has 0 aromatic heterocycles. The minimum Gasteiger partial charge on any atom is -0.489 e. The van der Waals surface area contributed by atoms with E-state index in [1.165, 1.54) is 6.07 Å². The summed E-state index contributed by atoms with van der Waals surface area (Å²) < 4.78 is 21.1. The quantitative estimate of drug-likeness (QED) is 0.671. The molecular weight excluding hydrogens is 375 g/mol. The van der Waals surface area contributed by atoms with Gasteiger partial charge in [-0.15, -0.1) is 0 Å². The lowest BCUT2D eigenvalue weighted by atomic mass is 10.1. The Labute approximate surface area is 129 Å². The van der Waals surface area contributed by atoms with Crippen molar-refractivity contribution in [2.75, 3.05) is 0 Å². The molecule has 0 amide bonds. The number of hydrogen-bond acceptors (Lipinski definition) is 1. The van der Waals surface area contributed by atoms with Gasteiger partial charge >= 0.3 is 0 Å². The van der Waals surface area contributed by atoms with Gasteiger partial charge in [0.2, 0.25) is 0 Å². The van der Waals surface area contributed by atoms with Crippen molar-refractivity contribution in [1.82, 2.24) is 0 Å². The lowest BCUT2D eigenvalue weighted by Crippen LogP contribution is -1.99. The predicted molar refractivity (Wildman–Crippen MR) is 82.0 cm³/mol. The van der Waals surface area contributed by atoms with E-state index in [4.69, 9.17) is 4.74 Å². The van der Waals surface area contributed by atoms with Crippen molar-refractivity contribution in [3.63, 3.8) is 0 Å². The zero-order chi connectivity index (χ0) is 14.0. The van der Waals surface area contributed by atoms with Crippen molar-refractivity contribution in [2.45, 2.75) is 20.5 Å². The van der Waals surface area contributed by atoms with Gasteiger partial charge < -0.3 is 4.74 Å². The number of halogens is 3. The Morgan fingerprint density at radius 3 is 2.26 bits per heavy atom. The molecule has 2 aromatic rings. The second-order valence-electron chi connectivity index (χ2n) is 4.40. The molecule has 1 nitrogen and oxygen atoms in total. The fourth-order valence-corrected chi connectivity index (χ4v) is 2.35. The van der Waals surface area contributed by atoms with Crippen LogP contribution in [0.3, 0.4) is 0 Å². The Kier molecular flexibility index (Phi) is 4.63. The van der Waals surface area contributed by atoms with Gasteiger partial charge in [0.15, 0.2) is 0 Å². The molecule has 0 spiro atoms. The predicted octanol–water partition coefficient (Wildman–Crippen LogP) is 5.55. The molecule has 0 unspecified atom stereocenters. The van der Waals surface area contributed by atoms with Crippen LogP contribution in [-0.2, 0) is 6.61 Å². The summed E-state index contributed by atoms with van der Waals surface area (Å²) in [6, 6.07) is 8.84. The summed E-state index contributed by atoms with van der Waals surface area (Å²) in [4.78, 5) is 0. The fourth-order valence-electron chi connectivity index (χ4n) is 1.79. The van der Waals surface area contributed by atoms with Crippen LogP contribution in [0.1, 0.15) is 16.7 Å². The molecule has 0 aliphatic heterocycles. The minimum absolute atomic E-state index is 0.222. The van der Waals surface area contributed by atoms with Crippen molar-refractivity contribution >= 4 is 31.9 Å². The number of ether oxygens (including phenoxy) is 1. The third-order valence-corrected chi connectivity index (χ3v) is 4.56. The average molecular weight is 388 g/mol. The highest BCUT2D eigenvalue weighted by atomic mass is 79.9. The number of hydrogen-bond donors (Lipinski definition) is 0. The van der Waals surface area contributed by atoms with E-state index in [1.54, 1.807) is 12.1 Å². The van der Waals surface area contributed by atoms with Gasteiger partial charge in [0.05, 0.1) is 0 Å². The van der Waals surface area contributed by atoms with Crippen molar-refractivity contribution in [1.29, 1.82) is 0 Å². The van der Waals surface area contributed by atoms with Gasteiger partial charge in [-0.2, -0.15) is 0 Å². The SMILES string of the molecule is Cc1cc(OCc2ccc(Br)cc2F)cc(C)c1Br. The monoisotopic (exact) mass is 386 g/mol. The Bertz CT molecular complexity index is 588. The van der Waals surface area contributed by atoms with Crippen LogP contribution in [0.5, 0.6) is 5.75 Å². The largest absolute Gasteiger partial charge is 0.489 e. The van der Waals surface area contributed by atoms with Crippen molar-refractivity contribution in [2.24, 2.45) is 0 Å². The van der Waals surface area contributed by atoms with Gasteiger partial charge in [0.25, 0.3) is 0 Å². The molecule has 0 aliphatic rings. The van der Waals surface area contributed by atoms with Crippen LogP contribution in [-0.4, -0.2) is 0 Å². The molecule has 0 N–H and O–H groups in total. The third kappa shape index (κ3) is 3.57. The third-order valence-electron chi connectivity index (χ3n) is 2.82. The Morgan fingerprint density at radius 2 is 1.68 bits per heavy atom. The lowest BCUT2D eigenvalue weighted by molar-refractivity contribution is 0.299. The van der Waals surface area contributed by atoms with Gasteiger partial charge in [-0.25, -0.2) is 4.39 Å². The van der Waals surface area contributed by atoms with Crippen molar-refractivity contribution in [3.05, 3.63) is 61.8 Å². The molecule has 0 saturated carbocycles. The van der Waals surface area contributed by atoms with E-state index < -0.39 is 0 Å². The first-order chi connectivity index (χ1) is 8.97. The van der Waals surface area contributed by atoms with Crippen LogP contribution in [0.4, 0.5) is 4.39 Å². The average Bonchev–Trinajstić information content (AvgIpc) is 2.34. The summed E-state index contributed by atoms with van der Waals surface area (Å²) in [5.41, 5.74) is 2.75.